The first-order valence-corrected chi connectivity index (χ1v) is 5.91. The lowest BCUT2D eigenvalue weighted by Gasteiger charge is -1.99. The zero-order chi connectivity index (χ0) is 16.8. The standard InChI is InChI=1S/C11H10N12/c1-4-6(3)16-17-8(12)15-10-18-20-11(21-19-10)23-9(13)14-7(5-2)22-23/h1-2H,3H3,(H2,13,14,22)(H3,12,15,17,18,19)/b16-6+. The van der Waals surface area contributed by atoms with E-state index in [1.165, 1.54) is 0 Å². The summed E-state index contributed by atoms with van der Waals surface area (Å²) in [6.45, 7) is 1.61. The van der Waals surface area contributed by atoms with E-state index >= 15 is 0 Å². The van der Waals surface area contributed by atoms with E-state index in [1.807, 2.05) is 0 Å². The number of hydrogen-bond acceptors (Lipinski definition) is 9. The number of aromatic nitrogens is 7. The first-order valence-electron chi connectivity index (χ1n) is 5.91. The van der Waals surface area contributed by atoms with Crippen molar-refractivity contribution in [3.63, 3.8) is 0 Å². The highest BCUT2D eigenvalue weighted by Crippen LogP contribution is 2.05. The average Bonchev–Trinajstić information content (AvgIpc) is 2.94. The van der Waals surface area contributed by atoms with Gasteiger partial charge in [-0.25, -0.2) is 5.43 Å². The number of nitrogens with one attached hydrogen (secondary N) is 1. The van der Waals surface area contributed by atoms with Crippen molar-refractivity contribution in [2.45, 2.75) is 6.92 Å². The highest BCUT2D eigenvalue weighted by molar-refractivity contribution is 5.98. The molecule has 114 valence electrons. The van der Waals surface area contributed by atoms with Crippen LogP contribution in [-0.2, 0) is 0 Å². The Morgan fingerprint density at radius 3 is 2.52 bits per heavy atom. The van der Waals surface area contributed by atoms with Crippen molar-refractivity contribution in [2.24, 2.45) is 15.8 Å². The predicted molar refractivity (Wildman–Crippen MR) is 81.2 cm³/mol. The van der Waals surface area contributed by atoms with E-state index in [-0.39, 0.29) is 29.6 Å². The Labute approximate surface area is 130 Å². The molecule has 0 saturated heterocycles. The molecule has 12 heteroatoms. The van der Waals surface area contributed by atoms with Gasteiger partial charge in [0.2, 0.25) is 17.7 Å². The second kappa shape index (κ2) is 6.59. The van der Waals surface area contributed by atoms with Crippen LogP contribution in [0.25, 0.3) is 5.95 Å². The summed E-state index contributed by atoms with van der Waals surface area (Å²) >= 11 is 0. The number of terminal acetylenes is 2. The summed E-state index contributed by atoms with van der Waals surface area (Å²) in [6, 6.07) is 0. The van der Waals surface area contributed by atoms with Gasteiger partial charge in [-0.05, 0) is 12.8 Å². The van der Waals surface area contributed by atoms with E-state index in [9.17, 15) is 0 Å². The normalized spacial score (nSPS) is 11.6. The van der Waals surface area contributed by atoms with Gasteiger partial charge in [0.15, 0.2) is 0 Å². The quantitative estimate of drug-likeness (QED) is 0.250. The van der Waals surface area contributed by atoms with Gasteiger partial charge >= 0.3 is 0 Å². The van der Waals surface area contributed by atoms with Crippen molar-refractivity contribution in [3.05, 3.63) is 5.82 Å². The maximum atomic E-state index is 5.62. The molecular weight excluding hydrogens is 300 g/mol. The van der Waals surface area contributed by atoms with Crippen molar-refractivity contribution in [1.29, 1.82) is 0 Å². The van der Waals surface area contributed by atoms with E-state index in [0.717, 1.165) is 4.68 Å². The number of nitrogens with zero attached hydrogens (tertiary/aromatic N) is 9. The van der Waals surface area contributed by atoms with Gasteiger partial charge in [-0.3, -0.25) is 0 Å². The van der Waals surface area contributed by atoms with E-state index in [4.69, 9.17) is 24.3 Å². The number of rotatable bonds is 3. The molecule has 0 aromatic carbocycles. The number of hydrogen-bond donors (Lipinski definition) is 3. The Bertz CT molecular complexity index is 845. The fourth-order valence-electron chi connectivity index (χ4n) is 1.19. The molecule has 0 atom stereocenters. The van der Waals surface area contributed by atoms with Gasteiger partial charge in [-0.2, -0.15) is 19.8 Å². The molecule has 12 nitrogen and oxygen atoms in total. The predicted octanol–water partition coefficient (Wildman–Crippen LogP) is -2.04. The molecule has 2 rings (SSSR count). The van der Waals surface area contributed by atoms with Gasteiger partial charge in [-0.1, -0.05) is 5.92 Å². The third kappa shape index (κ3) is 3.73. The fraction of sp³-hybridized carbons (Fsp3) is 0.0909. The lowest BCUT2D eigenvalue weighted by molar-refractivity contribution is 0.732. The second-order valence-corrected chi connectivity index (χ2v) is 3.80. The van der Waals surface area contributed by atoms with Gasteiger partial charge < -0.3 is 11.5 Å². The summed E-state index contributed by atoms with van der Waals surface area (Å²) < 4.78 is 1.09. The molecule has 0 aliphatic rings. The third-order valence-electron chi connectivity index (χ3n) is 2.18. The zero-order valence-corrected chi connectivity index (χ0v) is 11.8. The Balaban J connectivity index is 2.18. The minimum Gasteiger partial charge on any atom is -0.368 e. The molecule has 0 bridgehead atoms. The van der Waals surface area contributed by atoms with Gasteiger partial charge in [0.25, 0.3) is 11.9 Å². The number of hydrazone groups is 1. The molecule has 2 heterocycles. The van der Waals surface area contributed by atoms with Crippen LogP contribution in [0.15, 0.2) is 10.1 Å². The van der Waals surface area contributed by atoms with Crippen molar-refractivity contribution in [3.8, 4) is 30.6 Å². The monoisotopic (exact) mass is 310 g/mol. The van der Waals surface area contributed by atoms with Crippen LogP contribution in [-0.4, -0.2) is 46.8 Å². The van der Waals surface area contributed by atoms with Crippen LogP contribution < -0.4 is 16.9 Å². The summed E-state index contributed by atoms with van der Waals surface area (Å²) in [5.41, 5.74) is 14.0. The molecule has 0 aliphatic carbocycles. The Kier molecular flexibility index (Phi) is 4.40. The molecule has 23 heavy (non-hydrogen) atoms. The summed E-state index contributed by atoms with van der Waals surface area (Å²) in [4.78, 5) is 7.59. The van der Waals surface area contributed by atoms with Crippen molar-refractivity contribution < 1.29 is 0 Å². The zero-order valence-electron chi connectivity index (χ0n) is 11.8. The molecular formula is C11H10N12. The SMILES string of the molecule is C#C/C(C)=N/NC(N)=Nc1nnc(-n2nc(C#C)nc2N)nn1. The Hall–Kier alpha value is -4.06. The summed E-state index contributed by atoms with van der Waals surface area (Å²) in [6.07, 6.45) is 10.3. The van der Waals surface area contributed by atoms with E-state index in [0.29, 0.717) is 5.71 Å². The van der Waals surface area contributed by atoms with Gasteiger partial charge in [0.05, 0.1) is 0 Å². The molecule has 0 amide bonds. The summed E-state index contributed by atoms with van der Waals surface area (Å²) in [5, 5.41) is 22.5. The molecule has 0 radical (unpaired) electrons. The number of guanidine groups is 1. The molecule has 5 N–H and O–H groups in total. The van der Waals surface area contributed by atoms with Crippen LogP contribution in [0.3, 0.4) is 0 Å². The maximum absolute atomic E-state index is 5.62. The molecule has 0 spiro atoms. The number of nitrogens with two attached hydrogens (primary N) is 2. The minimum absolute atomic E-state index is 0.00178. The van der Waals surface area contributed by atoms with Crippen LogP contribution in [0, 0.1) is 24.7 Å². The summed E-state index contributed by atoms with van der Waals surface area (Å²) in [5.74, 6) is 4.39. The smallest absolute Gasteiger partial charge is 0.292 e. The number of anilines is 1. The lowest BCUT2D eigenvalue weighted by Crippen LogP contribution is -2.27. The molecule has 0 fully saturated rings. The summed E-state index contributed by atoms with van der Waals surface area (Å²) in [7, 11) is 0. The largest absolute Gasteiger partial charge is 0.368 e. The Morgan fingerprint density at radius 2 is 1.96 bits per heavy atom. The van der Waals surface area contributed by atoms with Crippen LogP contribution in [0.5, 0.6) is 0 Å². The minimum atomic E-state index is -0.108. The topological polar surface area (TPSA) is 171 Å². The Morgan fingerprint density at radius 1 is 1.26 bits per heavy atom. The molecule has 0 aliphatic heterocycles. The maximum Gasteiger partial charge on any atom is 0.292 e. The average molecular weight is 310 g/mol. The molecule has 0 unspecified atom stereocenters. The highest BCUT2D eigenvalue weighted by Gasteiger charge is 2.11. The van der Waals surface area contributed by atoms with Crippen LogP contribution in [0.2, 0.25) is 0 Å². The van der Waals surface area contributed by atoms with Crippen LogP contribution in [0.1, 0.15) is 12.7 Å². The highest BCUT2D eigenvalue weighted by atomic mass is 15.5. The second-order valence-electron chi connectivity index (χ2n) is 3.80. The lowest BCUT2D eigenvalue weighted by atomic mass is 10.5. The van der Waals surface area contributed by atoms with Gasteiger partial charge in [0, 0.05) is 0 Å². The molecule has 2 aromatic heterocycles. The first-order chi connectivity index (χ1) is 11.0. The van der Waals surface area contributed by atoms with Crippen LogP contribution >= 0.6 is 0 Å². The van der Waals surface area contributed by atoms with Crippen molar-refractivity contribution in [2.75, 3.05) is 5.73 Å². The van der Waals surface area contributed by atoms with Crippen molar-refractivity contribution >= 4 is 23.6 Å². The van der Waals surface area contributed by atoms with Gasteiger partial charge in [-0.15, -0.1) is 38.3 Å². The van der Waals surface area contributed by atoms with Crippen LogP contribution in [0.4, 0.5) is 11.9 Å². The first kappa shape index (κ1) is 15.3. The van der Waals surface area contributed by atoms with E-state index in [1.54, 1.807) is 6.92 Å². The number of aliphatic imine (C=N–C) groups is 1. The fourth-order valence-corrected chi connectivity index (χ4v) is 1.19. The molecule has 0 saturated carbocycles. The van der Waals surface area contributed by atoms with E-state index in [2.05, 4.69) is 57.8 Å². The van der Waals surface area contributed by atoms with Crippen molar-refractivity contribution in [1.82, 2.24) is 40.6 Å². The third-order valence-corrected chi connectivity index (χ3v) is 2.18. The van der Waals surface area contributed by atoms with E-state index < -0.39 is 0 Å². The number of nitrogen functional groups attached to an aromatic ring is 1. The van der Waals surface area contributed by atoms with Gasteiger partial charge in [0.1, 0.15) is 5.71 Å². The molecule has 2 aromatic rings.